The smallest absolute Gasteiger partial charge is 0.259 e. The summed E-state index contributed by atoms with van der Waals surface area (Å²) in [7, 11) is 0. The lowest BCUT2D eigenvalue weighted by atomic mass is 9.91. The van der Waals surface area contributed by atoms with Gasteiger partial charge in [-0.15, -0.1) is 12.4 Å². The number of benzene rings is 2. The zero-order chi connectivity index (χ0) is 20.4. The van der Waals surface area contributed by atoms with Crippen LogP contribution in [0.1, 0.15) is 51.5 Å². The van der Waals surface area contributed by atoms with Crippen molar-refractivity contribution in [3.63, 3.8) is 0 Å². The maximum atomic E-state index is 13.2. The minimum Gasteiger partial charge on any atom is -0.322 e. The molecular weight excluding hydrogens is 396 g/mol. The van der Waals surface area contributed by atoms with Crippen molar-refractivity contribution in [3.8, 4) is 5.69 Å². The fourth-order valence-electron chi connectivity index (χ4n) is 3.99. The largest absolute Gasteiger partial charge is 0.322 e. The van der Waals surface area contributed by atoms with Gasteiger partial charge in [0.05, 0.1) is 23.1 Å². The molecule has 0 radical (unpaired) electrons. The lowest BCUT2D eigenvalue weighted by Gasteiger charge is -2.25. The number of halogens is 1. The molecule has 0 unspecified atom stereocenters. The van der Waals surface area contributed by atoms with E-state index in [2.05, 4.69) is 47.8 Å². The highest BCUT2D eigenvalue weighted by Gasteiger charge is 2.27. The van der Waals surface area contributed by atoms with Gasteiger partial charge in [-0.3, -0.25) is 4.79 Å². The van der Waals surface area contributed by atoms with Gasteiger partial charge in [0.2, 0.25) is 0 Å². The van der Waals surface area contributed by atoms with E-state index in [0.29, 0.717) is 11.5 Å². The van der Waals surface area contributed by atoms with E-state index in [4.69, 9.17) is 0 Å². The molecule has 2 N–H and O–H groups in total. The van der Waals surface area contributed by atoms with Crippen molar-refractivity contribution in [1.82, 2.24) is 15.1 Å². The van der Waals surface area contributed by atoms with Crippen LogP contribution in [0.4, 0.5) is 5.69 Å². The predicted molar refractivity (Wildman–Crippen MR) is 124 cm³/mol. The Kier molecular flexibility index (Phi) is 6.95. The third kappa shape index (κ3) is 4.42. The minimum absolute atomic E-state index is 0. The minimum atomic E-state index is -0.0945. The van der Waals surface area contributed by atoms with Crippen molar-refractivity contribution in [3.05, 3.63) is 76.6 Å². The quantitative estimate of drug-likeness (QED) is 0.623. The number of para-hydroxylation sites is 1. The zero-order valence-corrected chi connectivity index (χ0v) is 18.6. The molecule has 0 atom stereocenters. The second kappa shape index (κ2) is 9.45. The van der Waals surface area contributed by atoms with Crippen LogP contribution in [0.15, 0.2) is 48.7 Å². The molecule has 5 nitrogen and oxygen atoms in total. The van der Waals surface area contributed by atoms with E-state index >= 15 is 0 Å². The molecule has 2 heterocycles. The van der Waals surface area contributed by atoms with Crippen LogP contribution in [0.2, 0.25) is 0 Å². The van der Waals surface area contributed by atoms with E-state index < -0.39 is 0 Å². The Morgan fingerprint density at radius 2 is 1.77 bits per heavy atom. The van der Waals surface area contributed by atoms with Gasteiger partial charge in [0, 0.05) is 11.6 Å². The van der Waals surface area contributed by atoms with Crippen molar-refractivity contribution in [2.24, 2.45) is 0 Å². The highest BCUT2D eigenvalue weighted by molar-refractivity contribution is 6.05. The van der Waals surface area contributed by atoms with Crippen LogP contribution in [-0.4, -0.2) is 28.8 Å². The molecule has 3 aromatic rings. The number of hydrogen-bond donors (Lipinski definition) is 2. The van der Waals surface area contributed by atoms with Gasteiger partial charge in [0.25, 0.3) is 5.91 Å². The summed E-state index contributed by atoms with van der Waals surface area (Å²) in [6.07, 6.45) is 3.72. The number of amides is 1. The summed E-state index contributed by atoms with van der Waals surface area (Å²) >= 11 is 0. The molecular formula is C24H29ClN4O. The van der Waals surface area contributed by atoms with Crippen molar-refractivity contribution in [2.45, 2.75) is 39.5 Å². The summed E-state index contributed by atoms with van der Waals surface area (Å²) in [5, 5.41) is 11.2. The van der Waals surface area contributed by atoms with Gasteiger partial charge in [-0.25, -0.2) is 4.68 Å². The standard InChI is InChI=1S/C24H28N4O.ClH/c1-16-8-9-20(14-18(16)3)28-23(19-10-12-25-13-11-19)21(15-26-28)24(29)27-22-7-5-4-6-17(22)2;/h4-9,14-15,19,25H,10-13H2,1-3H3,(H,27,29);1H. The molecule has 1 aliphatic heterocycles. The number of rotatable bonds is 4. The Labute approximate surface area is 184 Å². The highest BCUT2D eigenvalue weighted by atomic mass is 35.5. The number of hydrogen-bond acceptors (Lipinski definition) is 3. The van der Waals surface area contributed by atoms with E-state index in [9.17, 15) is 4.79 Å². The molecule has 1 amide bonds. The van der Waals surface area contributed by atoms with E-state index in [1.165, 1.54) is 11.1 Å². The van der Waals surface area contributed by atoms with Crippen LogP contribution in [0.5, 0.6) is 0 Å². The summed E-state index contributed by atoms with van der Waals surface area (Å²) in [4.78, 5) is 13.2. The highest BCUT2D eigenvalue weighted by Crippen LogP contribution is 2.31. The van der Waals surface area contributed by atoms with E-state index in [-0.39, 0.29) is 18.3 Å². The number of piperidine rings is 1. The molecule has 6 heteroatoms. The van der Waals surface area contributed by atoms with Gasteiger partial charge >= 0.3 is 0 Å². The number of aryl methyl sites for hydroxylation is 3. The van der Waals surface area contributed by atoms with Gasteiger partial charge in [-0.2, -0.15) is 5.10 Å². The number of nitrogens with one attached hydrogen (secondary N) is 2. The van der Waals surface area contributed by atoms with Crippen LogP contribution in [0.3, 0.4) is 0 Å². The number of anilines is 1. The summed E-state index contributed by atoms with van der Waals surface area (Å²) in [5.74, 6) is 0.209. The Bertz CT molecular complexity index is 1040. The number of carbonyl (C=O) groups excluding carboxylic acids is 1. The van der Waals surface area contributed by atoms with Crippen molar-refractivity contribution in [2.75, 3.05) is 18.4 Å². The maximum Gasteiger partial charge on any atom is 0.259 e. The first-order valence-corrected chi connectivity index (χ1v) is 10.3. The SMILES string of the molecule is Cc1ccc(-n2ncc(C(=O)Nc3ccccc3C)c2C2CCNCC2)cc1C.Cl. The third-order valence-corrected chi connectivity index (χ3v) is 5.91. The molecule has 0 bridgehead atoms. The van der Waals surface area contributed by atoms with Crippen molar-refractivity contribution >= 4 is 24.0 Å². The molecule has 0 saturated carbocycles. The third-order valence-electron chi connectivity index (χ3n) is 5.91. The van der Waals surface area contributed by atoms with E-state index in [0.717, 1.165) is 48.6 Å². The summed E-state index contributed by atoms with van der Waals surface area (Å²) < 4.78 is 1.97. The zero-order valence-electron chi connectivity index (χ0n) is 17.7. The average Bonchev–Trinajstić information content (AvgIpc) is 3.18. The fourth-order valence-corrected chi connectivity index (χ4v) is 3.99. The monoisotopic (exact) mass is 424 g/mol. The fraction of sp³-hybridized carbons (Fsp3) is 0.333. The van der Waals surface area contributed by atoms with E-state index in [1.54, 1.807) is 6.20 Å². The number of aromatic nitrogens is 2. The first-order valence-electron chi connectivity index (χ1n) is 10.3. The molecule has 1 aliphatic rings. The first-order chi connectivity index (χ1) is 14.0. The van der Waals surface area contributed by atoms with Gasteiger partial charge < -0.3 is 10.6 Å². The van der Waals surface area contributed by atoms with Gasteiger partial charge in [-0.1, -0.05) is 24.3 Å². The van der Waals surface area contributed by atoms with Crippen LogP contribution in [-0.2, 0) is 0 Å². The molecule has 0 spiro atoms. The van der Waals surface area contributed by atoms with Crippen molar-refractivity contribution in [1.29, 1.82) is 0 Å². The lowest BCUT2D eigenvalue weighted by Crippen LogP contribution is -2.29. The molecule has 2 aromatic carbocycles. The molecule has 0 aliphatic carbocycles. The second-order valence-corrected chi connectivity index (χ2v) is 7.92. The molecule has 1 saturated heterocycles. The van der Waals surface area contributed by atoms with Gasteiger partial charge in [-0.05, 0) is 81.6 Å². The molecule has 30 heavy (non-hydrogen) atoms. The molecule has 4 rings (SSSR count). The number of carbonyl (C=O) groups is 1. The van der Waals surface area contributed by atoms with Crippen LogP contribution >= 0.6 is 12.4 Å². The van der Waals surface area contributed by atoms with Crippen LogP contribution in [0, 0.1) is 20.8 Å². The Morgan fingerprint density at radius 3 is 2.47 bits per heavy atom. The maximum absolute atomic E-state index is 13.2. The molecule has 158 valence electrons. The summed E-state index contributed by atoms with van der Waals surface area (Å²) in [5.41, 5.74) is 7.05. The number of nitrogens with zero attached hydrogens (tertiary/aromatic N) is 2. The Balaban J connectivity index is 0.00000256. The normalized spacial score (nSPS) is 14.2. The summed E-state index contributed by atoms with van der Waals surface area (Å²) in [6.45, 7) is 8.14. The Hall–Kier alpha value is -2.63. The summed E-state index contributed by atoms with van der Waals surface area (Å²) in [6, 6.07) is 14.2. The van der Waals surface area contributed by atoms with Crippen molar-refractivity contribution < 1.29 is 4.79 Å². The lowest BCUT2D eigenvalue weighted by molar-refractivity contribution is 0.102. The average molecular weight is 425 g/mol. The van der Waals surface area contributed by atoms with Crippen LogP contribution < -0.4 is 10.6 Å². The predicted octanol–water partition coefficient (Wildman–Crippen LogP) is 4.94. The first kappa shape index (κ1) is 22.1. The molecule has 1 aromatic heterocycles. The molecule has 1 fully saturated rings. The second-order valence-electron chi connectivity index (χ2n) is 7.92. The van der Waals surface area contributed by atoms with E-state index in [1.807, 2.05) is 35.9 Å². The van der Waals surface area contributed by atoms with Gasteiger partial charge in [0.15, 0.2) is 0 Å². The topological polar surface area (TPSA) is 59.0 Å². The Morgan fingerprint density at radius 1 is 1.03 bits per heavy atom. The van der Waals surface area contributed by atoms with Gasteiger partial charge in [0.1, 0.15) is 0 Å². The van der Waals surface area contributed by atoms with Crippen LogP contribution in [0.25, 0.3) is 5.69 Å².